The lowest BCUT2D eigenvalue weighted by Gasteiger charge is -2.35. The summed E-state index contributed by atoms with van der Waals surface area (Å²) >= 11 is 0. The first-order chi connectivity index (χ1) is 14.3. The monoisotopic (exact) mass is 432 g/mol. The first kappa shape index (κ1) is 24.1. The van der Waals surface area contributed by atoms with Gasteiger partial charge < -0.3 is 10.2 Å². The predicted octanol–water partition coefficient (Wildman–Crippen LogP) is 7.08. The molecule has 180 valence electrons. The zero-order valence-electron chi connectivity index (χ0n) is 21.9. The predicted molar refractivity (Wildman–Crippen MR) is 130 cm³/mol. The Morgan fingerprint density at radius 3 is 1.58 bits per heavy atom. The first-order valence-electron chi connectivity index (χ1n) is 13.7. The Balaban J connectivity index is 1.37. The second kappa shape index (κ2) is 7.72. The van der Waals surface area contributed by atoms with E-state index in [-0.39, 0.29) is 10.8 Å². The highest BCUT2D eigenvalue weighted by atomic mass is 16.3. The molecule has 0 aromatic rings. The summed E-state index contributed by atoms with van der Waals surface area (Å²) in [5.74, 6) is 4.35. The van der Waals surface area contributed by atoms with Crippen LogP contribution < -0.4 is 0 Å². The Labute approximate surface area is 193 Å². The molecule has 2 N–H and O–H groups in total. The molecular formula is C29H52O2. The number of rotatable bonds is 8. The van der Waals surface area contributed by atoms with Gasteiger partial charge in [-0.05, 0) is 110 Å². The molecule has 0 radical (unpaired) electrons. The SMILES string of the molecule is CCC1(C(O)C(O)C2(C)CC2CC2CCC(C)C2(C)C)CC1CC1CCC(C)C1(C)C. The molecule has 4 aliphatic carbocycles. The summed E-state index contributed by atoms with van der Waals surface area (Å²) in [6.07, 6.45) is 10.0. The largest absolute Gasteiger partial charge is 0.390 e. The third kappa shape index (κ3) is 3.74. The fourth-order valence-electron chi connectivity index (χ4n) is 8.31. The maximum atomic E-state index is 11.5. The van der Waals surface area contributed by atoms with Gasteiger partial charge in [-0.25, -0.2) is 0 Å². The number of aliphatic hydroxyl groups excluding tert-OH is 2. The highest BCUT2D eigenvalue weighted by molar-refractivity contribution is 5.15. The van der Waals surface area contributed by atoms with Crippen LogP contribution in [0.1, 0.15) is 113 Å². The second-order valence-electron chi connectivity index (χ2n) is 14.2. The van der Waals surface area contributed by atoms with E-state index in [4.69, 9.17) is 0 Å². The average Bonchev–Trinajstić information content (AvgIpc) is 3.55. The molecule has 2 nitrogen and oxygen atoms in total. The van der Waals surface area contributed by atoms with Gasteiger partial charge in [-0.1, -0.05) is 55.4 Å². The maximum Gasteiger partial charge on any atom is 0.0863 e. The van der Waals surface area contributed by atoms with Crippen LogP contribution in [0.15, 0.2) is 0 Å². The summed E-state index contributed by atoms with van der Waals surface area (Å²) in [5.41, 5.74) is 0.741. The van der Waals surface area contributed by atoms with Crippen LogP contribution in [-0.2, 0) is 0 Å². The first-order valence-corrected chi connectivity index (χ1v) is 13.7. The molecule has 4 saturated carbocycles. The molecule has 0 saturated heterocycles. The van der Waals surface area contributed by atoms with Crippen LogP contribution in [0.3, 0.4) is 0 Å². The molecule has 0 aliphatic heterocycles. The van der Waals surface area contributed by atoms with Gasteiger partial charge in [0.1, 0.15) is 0 Å². The Kier molecular flexibility index (Phi) is 5.99. The lowest BCUT2D eigenvalue weighted by atomic mass is 9.72. The van der Waals surface area contributed by atoms with Crippen molar-refractivity contribution in [1.29, 1.82) is 0 Å². The van der Waals surface area contributed by atoms with Crippen LogP contribution in [0.5, 0.6) is 0 Å². The Hall–Kier alpha value is -0.0800. The number of hydrogen-bond donors (Lipinski definition) is 2. The fourth-order valence-corrected chi connectivity index (χ4v) is 8.31. The van der Waals surface area contributed by atoms with Crippen molar-refractivity contribution in [3.8, 4) is 0 Å². The van der Waals surface area contributed by atoms with E-state index in [1.807, 2.05) is 0 Å². The van der Waals surface area contributed by atoms with E-state index in [1.165, 1.54) is 38.5 Å². The summed E-state index contributed by atoms with van der Waals surface area (Å²) in [6.45, 7) is 19.1. The normalized spacial score (nSPS) is 49.7. The molecule has 4 rings (SSSR count). The van der Waals surface area contributed by atoms with Gasteiger partial charge >= 0.3 is 0 Å². The minimum atomic E-state index is -0.556. The summed E-state index contributed by atoms with van der Waals surface area (Å²) < 4.78 is 0. The lowest BCUT2D eigenvalue weighted by molar-refractivity contribution is -0.0714. The van der Waals surface area contributed by atoms with Gasteiger partial charge in [0.15, 0.2) is 0 Å². The van der Waals surface area contributed by atoms with Gasteiger partial charge in [-0.15, -0.1) is 0 Å². The van der Waals surface area contributed by atoms with Crippen molar-refractivity contribution in [2.45, 2.75) is 125 Å². The van der Waals surface area contributed by atoms with Crippen LogP contribution in [0, 0.1) is 57.2 Å². The molecule has 4 fully saturated rings. The molecule has 0 aromatic carbocycles. The van der Waals surface area contributed by atoms with Crippen molar-refractivity contribution < 1.29 is 10.2 Å². The highest BCUT2D eigenvalue weighted by Crippen LogP contribution is 2.68. The molecule has 0 spiro atoms. The molecule has 0 heterocycles. The zero-order valence-corrected chi connectivity index (χ0v) is 21.9. The Bertz CT molecular complexity index is 668. The van der Waals surface area contributed by atoms with E-state index in [1.54, 1.807) is 0 Å². The zero-order chi connectivity index (χ0) is 23.0. The van der Waals surface area contributed by atoms with Gasteiger partial charge in [0.05, 0.1) is 12.2 Å². The molecule has 31 heavy (non-hydrogen) atoms. The van der Waals surface area contributed by atoms with Crippen LogP contribution >= 0.6 is 0 Å². The van der Waals surface area contributed by atoms with E-state index in [0.29, 0.717) is 22.7 Å². The van der Waals surface area contributed by atoms with Crippen molar-refractivity contribution in [3.05, 3.63) is 0 Å². The summed E-state index contributed by atoms with van der Waals surface area (Å²) in [4.78, 5) is 0. The molecule has 10 unspecified atom stereocenters. The van der Waals surface area contributed by atoms with Crippen LogP contribution in [0.25, 0.3) is 0 Å². The van der Waals surface area contributed by atoms with Gasteiger partial charge in [0, 0.05) is 5.41 Å². The van der Waals surface area contributed by atoms with E-state index >= 15 is 0 Å². The van der Waals surface area contributed by atoms with Crippen LogP contribution in [0.2, 0.25) is 0 Å². The summed E-state index contributed by atoms with van der Waals surface area (Å²) in [7, 11) is 0. The van der Waals surface area contributed by atoms with Gasteiger partial charge in [0.2, 0.25) is 0 Å². The molecular weight excluding hydrogens is 380 g/mol. The smallest absolute Gasteiger partial charge is 0.0863 e. The van der Waals surface area contributed by atoms with Crippen molar-refractivity contribution in [2.75, 3.05) is 0 Å². The molecule has 10 atom stereocenters. The van der Waals surface area contributed by atoms with Crippen LogP contribution in [0.4, 0.5) is 0 Å². The minimum absolute atomic E-state index is 0.0291. The molecule has 0 aromatic heterocycles. The molecule has 2 heteroatoms. The molecule has 4 aliphatic rings. The van der Waals surface area contributed by atoms with Gasteiger partial charge in [0.25, 0.3) is 0 Å². The lowest BCUT2D eigenvalue weighted by Crippen LogP contribution is -2.42. The average molecular weight is 433 g/mol. The van der Waals surface area contributed by atoms with E-state index < -0.39 is 12.2 Å². The third-order valence-corrected chi connectivity index (χ3v) is 12.6. The standard InChI is InChI=1S/C29H52O2/c1-9-29(17-23(29)15-21-13-11-19(3)27(21,6)7)25(31)24(30)28(8)16-22(28)14-20-12-10-18(2)26(20,4)5/h18-25,30-31H,9-17H2,1-8H3. The van der Waals surface area contributed by atoms with Crippen molar-refractivity contribution in [1.82, 2.24) is 0 Å². The van der Waals surface area contributed by atoms with Gasteiger partial charge in [-0.2, -0.15) is 0 Å². The van der Waals surface area contributed by atoms with E-state index in [0.717, 1.165) is 42.9 Å². The van der Waals surface area contributed by atoms with E-state index in [2.05, 4.69) is 55.4 Å². The summed E-state index contributed by atoms with van der Waals surface area (Å²) in [6, 6.07) is 0. The number of aliphatic hydroxyl groups is 2. The maximum absolute atomic E-state index is 11.5. The topological polar surface area (TPSA) is 40.5 Å². The fraction of sp³-hybridized carbons (Fsp3) is 1.00. The van der Waals surface area contributed by atoms with Crippen molar-refractivity contribution in [3.63, 3.8) is 0 Å². The van der Waals surface area contributed by atoms with Crippen LogP contribution in [-0.4, -0.2) is 22.4 Å². The minimum Gasteiger partial charge on any atom is -0.390 e. The van der Waals surface area contributed by atoms with Crippen molar-refractivity contribution in [2.24, 2.45) is 57.2 Å². The molecule has 0 amide bonds. The second-order valence-corrected chi connectivity index (χ2v) is 14.2. The quantitative estimate of drug-likeness (QED) is 0.430. The third-order valence-electron chi connectivity index (χ3n) is 12.6. The number of hydrogen-bond acceptors (Lipinski definition) is 2. The summed E-state index contributed by atoms with van der Waals surface area (Å²) in [5, 5.41) is 22.9. The Morgan fingerprint density at radius 1 is 0.677 bits per heavy atom. The Morgan fingerprint density at radius 2 is 1.16 bits per heavy atom. The van der Waals surface area contributed by atoms with Crippen molar-refractivity contribution >= 4 is 0 Å². The van der Waals surface area contributed by atoms with Gasteiger partial charge in [-0.3, -0.25) is 0 Å². The molecule has 0 bridgehead atoms. The van der Waals surface area contributed by atoms with E-state index in [9.17, 15) is 10.2 Å². The highest BCUT2D eigenvalue weighted by Gasteiger charge is 2.66.